The lowest BCUT2D eigenvalue weighted by Crippen LogP contribution is -2.50. The third-order valence-corrected chi connectivity index (χ3v) is 6.18. The number of morpholine rings is 1. The predicted molar refractivity (Wildman–Crippen MR) is 120 cm³/mol. The molecule has 6 nitrogen and oxygen atoms in total. The zero-order valence-corrected chi connectivity index (χ0v) is 18.0. The third kappa shape index (κ3) is 5.51. The zero-order chi connectivity index (χ0) is 21.5. The minimum Gasteiger partial charge on any atom is -0.378 e. The fourth-order valence-corrected chi connectivity index (χ4v) is 4.46. The monoisotopic (exact) mass is 421 g/mol. The Kier molecular flexibility index (Phi) is 7.33. The topological polar surface area (TPSA) is 53.1 Å². The van der Waals surface area contributed by atoms with Gasteiger partial charge in [-0.2, -0.15) is 0 Å². The Bertz CT molecular complexity index is 805. The van der Waals surface area contributed by atoms with Crippen LogP contribution >= 0.6 is 0 Å². The number of piperazine rings is 1. The molecule has 0 N–H and O–H groups in total. The lowest BCUT2D eigenvalue weighted by atomic mass is 9.96. The number of hydrogen-bond donors (Lipinski definition) is 0. The Balaban J connectivity index is 1.33. The van der Waals surface area contributed by atoms with Crippen LogP contribution in [0, 0.1) is 0 Å². The largest absolute Gasteiger partial charge is 0.378 e. The molecule has 2 heterocycles. The van der Waals surface area contributed by atoms with Gasteiger partial charge in [0, 0.05) is 52.1 Å². The molecule has 0 spiro atoms. The summed E-state index contributed by atoms with van der Waals surface area (Å²) in [5, 5.41) is 0. The van der Waals surface area contributed by atoms with Gasteiger partial charge in [-0.15, -0.1) is 0 Å². The number of amides is 2. The number of carbonyl (C=O) groups is 2. The molecule has 0 saturated carbocycles. The van der Waals surface area contributed by atoms with Crippen molar-refractivity contribution in [3.8, 4) is 0 Å². The molecule has 4 rings (SSSR count). The van der Waals surface area contributed by atoms with Crippen LogP contribution in [-0.2, 0) is 14.3 Å². The molecule has 2 saturated heterocycles. The maximum absolute atomic E-state index is 12.7. The van der Waals surface area contributed by atoms with Gasteiger partial charge in [-0.25, -0.2) is 0 Å². The fourth-order valence-electron chi connectivity index (χ4n) is 4.46. The maximum Gasteiger partial charge on any atom is 0.223 e. The summed E-state index contributed by atoms with van der Waals surface area (Å²) in [6.45, 7) is 5.46. The number of ether oxygens (including phenoxy) is 1. The summed E-state index contributed by atoms with van der Waals surface area (Å²) in [6, 6.07) is 21.3. The lowest BCUT2D eigenvalue weighted by molar-refractivity contribution is -0.140. The minimum absolute atomic E-state index is 0.0588. The molecule has 2 aromatic rings. The van der Waals surface area contributed by atoms with E-state index in [-0.39, 0.29) is 30.7 Å². The molecule has 0 bridgehead atoms. The first-order chi connectivity index (χ1) is 15.2. The Labute approximate surface area is 184 Å². The van der Waals surface area contributed by atoms with Gasteiger partial charge in [-0.3, -0.25) is 14.5 Å². The van der Waals surface area contributed by atoms with E-state index in [1.165, 1.54) is 11.1 Å². The average Bonchev–Trinajstić information content (AvgIpc) is 2.85. The Hall–Kier alpha value is -2.70. The first-order valence-corrected chi connectivity index (χ1v) is 11.2. The summed E-state index contributed by atoms with van der Waals surface area (Å²) < 4.78 is 5.29. The van der Waals surface area contributed by atoms with Gasteiger partial charge >= 0.3 is 0 Å². The zero-order valence-electron chi connectivity index (χ0n) is 18.0. The molecule has 0 unspecified atom stereocenters. The predicted octanol–water partition coefficient (Wildman–Crippen LogP) is 2.56. The van der Waals surface area contributed by atoms with Gasteiger partial charge in [0.15, 0.2) is 0 Å². The molecular formula is C25H31N3O3. The van der Waals surface area contributed by atoms with Crippen LogP contribution in [0.1, 0.15) is 30.0 Å². The molecule has 2 aliphatic heterocycles. The first kappa shape index (κ1) is 21.5. The Morgan fingerprint density at radius 3 is 1.61 bits per heavy atom. The molecule has 0 radical (unpaired) electrons. The fraction of sp³-hybridized carbons (Fsp3) is 0.440. The number of benzene rings is 2. The highest BCUT2D eigenvalue weighted by atomic mass is 16.5. The van der Waals surface area contributed by atoms with E-state index in [1.54, 1.807) is 4.90 Å². The van der Waals surface area contributed by atoms with E-state index in [2.05, 4.69) is 53.4 Å². The van der Waals surface area contributed by atoms with Crippen LogP contribution in [0.4, 0.5) is 0 Å². The van der Waals surface area contributed by atoms with Gasteiger partial charge in [-0.05, 0) is 11.1 Å². The lowest BCUT2D eigenvalue weighted by Gasteiger charge is -2.40. The summed E-state index contributed by atoms with van der Waals surface area (Å²) in [5.74, 6) is 0.140. The highest BCUT2D eigenvalue weighted by Gasteiger charge is 2.28. The van der Waals surface area contributed by atoms with Crippen LogP contribution in [0.2, 0.25) is 0 Å². The van der Waals surface area contributed by atoms with Crippen LogP contribution < -0.4 is 0 Å². The quantitative estimate of drug-likeness (QED) is 0.719. The highest BCUT2D eigenvalue weighted by molar-refractivity contribution is 5.84. The smallest absolute Gasteiger partial charge is 0.223 e. The van der Waals surface area contributed by atoms with Gasteiger partial charge < -0.3 is 14.5 Å². The standard InChI is InChI=1S/C25H31N3O3/c29-23(11-12-24(30)27-17-19-31-20-18-27)26-13-15-28(16-14-26)25(21-7-3-1-4-8-21)22-9-5-2-6-10-22/h1-10,25H,11-20H2. The van der Waals surface area contributed by atoms with Crippen LogP contribution in [0.3, 0.4) is 0 Å². The second kappa shape index (κ2) is 10.6. The molecule has 2 aromatic carbocycles. The maximum atomic E-state index is 12.7. The van der Waals surface area contributed by atoms with Crippen molar-refractivity contribution in [2.75, 3.05) is 52.5 Å². The van der Waals surface area contributed by atoms with Crippen molar-refractivity contribution in [2.24, 2.45) is 0 Å². The van der Waals surface area contributed by atoms with E-state index < -0.39 is 0 Å². The minimum atomic E-state index is 0.0588. The molecular weight excluding hydrogens is 390 g/mol. The van der Waals surface area contributed by atoms with Crippen LogP contribution in [-0.4, -0.2) is 79.0 Å². The number of rotatable bonds is 6. The Morgan fingerprint density at radius 2 is 1.13 bits per heavy atom. The van der Waals surface area contributed by atoms with E-state index in [4.69, 9.17) is 4.74 Å². The van der Waals surface area contributed by atoms with Crippen molar-refractivity contribution in [2.45, 2.75) is 18.9 Å². The van der Waals surface area contributed by atoms with Gasteiger partial charge in [-0.1, -0.05) is 60.7 Å². The first-order valence-electron chi connectivity index (χ1n) is 11.2. The van der Waals surface area contributed by atoms with E-state index in [1.807, 2.05) is 17.0 Å². The van der Waals surface area contributed by atoms with Crippen molar-refractivity contribution in [3.63, 3.8) is 0 Å². The van der Waals surface area contributed by atoms with E-state index in [9.17, 15) is 9.59 Å². The molecule has 31 heavy (non-hydrogen) atoms. The average molecular weight is 422 g/mol. The van der Waals surface area contributed by atoms with Crippen LogP contribution in [0.25, 0.3) is 0 Å². The van der Waals surface area contributed by atoms with Gasteiger partial charge in [0.1, 0.15) is 0 Å². The number of hydrogen-bond acceptors (Lipinski definition) is 4. The molecule has 0 atom stereocenters. The van der Waals surface area contributed by atoms with Crippen molar-refractivity contribution in [1.82, 2.24) is 14.7 Å². The molecule has 0 aliphatic carbocycles. The molecule has 2 fully saturated rings. The highest BCUT2D eigenvalue weighted by Crippen LogP contribution is 2.29. The normalized spacial score (nSPS) is 17.7. The SMILES string of the molecule is O=C(CCC(=O)N1CCN(C(c2ccccc2)c2ccccc2)CC1)N1CCOCC1. The molecule has 2 aliphatic rings. The third-order valence-electron chi connectivity index (χ3n) is 6.18. The van der Waals surface area contributed by atoms with Crippen LogP contribution in [0.5, 0.6) is 0 Å². The summed E-state index contributed by atoms with van der Waals surface area (Å²) in [5.41, 5.74) is 2.54. The summed E-state index contributed by atoms with van der Waals surface area (Å²) >= 11 is 0. The Morgan fingerprint density at radius 1 is 0.677 bits per heavy atom. The van der Waals surface area contributed by atoms with Crippen molar-refractivity contribution >= 4 is 11.8 Å². The van der Waals surface area contributed by atoms with Crippen molar-refractivity contribution in [1.29, 1.82) is 0 Å². The molecule has 164 valence electrons. The summed E-state index contributed by atoms with van der Waals surface area (Å²) in [7, 11) is 0. The molecule has 6 heteroatoms. The summed E-state index contributed by atoms with van der Waals surface area (Å²) in [4.78, 5) is 31.2. The van der Waals surface area contributed by atoms with Crippen molar-refractivity contribution < 1.29 is 14.3 Å². The van der Waals surface area contributed by atoms with Crippen LogP contribution in [0.15, 0.2) is 60.7 Å². The molecule has 2 amide bonds. The molecule has 0 aromatic heterocycles. The second-order valence-corrected chi connectivity index (χ2v) is 8.13. The van der Waals surface area contributed by atoms with E-state index in [0.717, 1.165) is 13.1 Å². The van der Waals surface area contributed by atoms with E-state index in [0.29, 0.717) is 39.4 Å². The van der Waals surface area contributed by atoms with Gasteiger partial charge in [0.2, 0.25) is 11.8 Å². The number of nitrogens with zero attached hydrogens (tertiary/aromatic N) is 3. The second-order valence-electron chi connectivity index (χ2n) is 8.13. The van der Waals surface area contributed by atoms with Gasteiger partial charge in [0.05, 0.1) is 19.3 Å². The summed E-state index contributed by atoms with van der Waals surface area (Å²) in [6.07, 6.45) is 0.576. The van der Waals surface area contributed by atoms with Crippen molar-refractivity contribution in [3.05, 3.63) is 71.8 Å². The van der Waals surface area contributed by atoms with Gasteiger partial charge in [0.25, 0.3) is 0 Å². The number of carbonyl (C=O) groups excluding carboxylic acids is 2. The van der Waals surface area contributed by atoms with E-state index >= 15 is 0 Å².